The largest absolute Gasteiger partial charge is 0.495 e. The van der Waals surface area contributed by atoms with E-state index in [0.717, 1.165) is 9.35 Å². The Balaban J connectivity index is 1.76. The van der Waals surface area contributed by atoms with Crippen molar-refractivity contribution in [2.45, 2.75) is 12.0 Å². The molecule has 2 amide bonds. The standard InChI is InChI=1S/C21H17BrN2O3S/c1-27-17-6-3-2-5-16(17)23-20(26)21(18-7-4-12-28-18)13-19(25)24(21)15-10-8-14(22)9-11-15/h2-12H,13H2,1H3,(H,23,26)/t21-/m1/s1. The Labute approximate surface area is 175 Å². The minimum Gasteiger partial charge on any atom is -0.495 e. The Hall–Kier alpha value is -2.64. The van der Waals surface area contributed by atoms with Crippen LogP contribution in [0.1, 0.15) is 11.3 Å². The SMILES string of the molecule is COc1ccccc1NC(=O)[C@]1(c2cccs2)CC(=O)N1c1ccc(Br)cc1. The van der Waals surface area contributed by atoms with Crippen LogP contribution in [0.3, 0.4) is 0 Å². The number of hydrogen-bond acceptors (Lipinski definition) is 4. The van der Waals surface area contributed by atoms with Crippen molar-refractivity contribution in [3.63, 3.8) is 0 Å². The van der Waals surface area contributed by atoms with Gasteiger partial charge in [0.2, 0.25) is 5.91 Å². The van der Waals surface area contributed by atoms with Crippen LogP contribution in [0, 0.1) is 0 Å². The number of methoxy groups -OCH3 is 1. The molecule has 1 aliphatic heterocycles. The normalized spacial score (nSPS) is 18.5. The molecule has 1 fully saturated rings. The van der Waals surface area contributed by atoms with Crippen molar-refractivity contribution >= 4 is 50.5 Å². The molecule has 7 heteroatoms. The summed E-state index contributed by atoms with van der Waals surface area (Å²) < 4.78 is 6.26. The zero-order valence-electron chi connectivity index (χ0n) is 15.0. The van der Waals surface area contributed by atoms with Gasteiger partial charge in [-0.15, -0.1) is 11.3 Å². The number of β-lactam (4-membered cyclic amide) rings is 1. The summed E-state index contributed by atoms with van der Waals surface area (Å²) in [5, 5.41) is 4.88. The van der Waals surface area contributed by atoms with Crippen molar-refractivity contribution in [2.75, 3.05) is 17.3 Å². The molecule has 0 saturated carbocycles. The first-order valence-corrected chi connectivity index (χ1v) is 10.3. The lowest BCUT2D eigenvalue weighted by Crippen LogP contribution is -2.67. The van der Waals surface area contributed by atoms with Crippen LogP contribution in [-0.2, 0) is 15.1 Å². The second kappa shape index (κ2) is 7.41. The van der Waals surface area contributed by atoms with Gasteiger partial charge >= 0.3 is 0 Å². The van der Waals surface area contributed by atoms with Gasteiger partial charge in [-0.25, -0.2) is 0 Å². The molecule has 142 valence electrons. The van der Waals surface area contributed by atoms with Gasteiger partial charge in [0.05, 0.1) is 19.2 Å². The lowest BCUT2D eigenvalue weighted by atomic mass is 9.80. The maximum absolute atomic E-state index is 13.5. The van der Waals surface area contributed by atoms with Crippen LogP contribution >= 0.6 is 27.3 Å². The molecule has 4 rings (SSSR count). The maximum Gasteiger partial charge on any atom is 0.256 e. The quantitative estimate of drug-likeness (QED) is 0.561. The van der Waals surface area contributed by atoms with E-state index in [1.807, 2.05) is 53.9 Å². The monoisotopic (exact) mass is 456 g/mol. The Morgan fingerprint density at radius 1 is 1.14 bits per heavy atom. The fourth-order valence-electron chi connectivity index (χ4n) is 3.43. The molecule has 0 radical (unpaired) electrons. The smallest absolute Gasteiger partial charge is 0.256 e. The van der Waals surface area contributed by atoms with E-state index in [-0.39, 0.29) is 18.2 Å². The van der Waals surface area contributed by atoms with E-state index in [0.29, 0.717) is 17.1 Å². The number of nitrogens with one attached hydrogen (secondary N) is 1. The molecule has 0 spiro atoms. The summed E-state index contributed by atoms with van der Waals surface area (Å²) in [5.74, 6) is 0.214. The number of ether oxygens (including phenoxy) is 1. The summed E-state index contributed by atoms with van der Waals surface area (Å²) in [4.78, 5) is 28.5. The first kappa shape index (κ1) is 18.7. The summed E-state index contributed by atoms with van der Waals surface area (Å²) in [6.07, 6.45) is 0.116. The first-order chi connectivity index (χ1) is 13.6. The Morgan fingerprint density at radius 3 is 2.54 bits per heavy atom. The number of hydrogen-bond donors (Lipinski definition) is 1. The highest BCUT2D eigenvalue weighted by atomic mass is 79.9. The second-order valence-corrected chi connectivity index (χ2v) is 8.24. The zero-order chi connectivity index (χ0) is 19.7. The first-order valence-electron chi connectivity index (χ1n) is 8.63. The predicted molar refractivity (Wildman–Crippen MR) is 114 cm³/mol. The average molecular weight is 457 g/mol. The van der Waals surface area contributed by atoms with Crippen LogP contribution in [0.25, 0.3) is 0 Å². The fraction of sp³-hybridized carbons (Fsp3) is 0.143. The summed E-state index contributed by atoms with van der Waals surface area (Å²) in [6, 6.07) is 18.4. The molecule has 1 aliphatic rings. The number of carbonyl (C=O) groups excluding carboxylic acids is 2. The molecule has 28 heavy (non-hydrogen) atoms. The molecule has 2 heterocycles. The number of rotatable bonds is 5. The zero-order valence-corrected chi connectivity index (χ0v) is 17.4. The number of anilines is 2. The van der Waals surface area contributed by atoms with Gasteiger partial charge in [0, 0.05) is 15.0 Å². The van der Waals surface area contributed by atoms with E-state index in [4.69, 9.17) is 4.74 Å². The Kier molecular flexibility index (Phi) is 4.95. The molecule has 1 saturated heterocycles. The maximum atomic E-state index is 13.5. The van der Waals surface area contributed by atoms with E-state index in [1.165, 1.54) is 11.3 Å². The van der Waals surface area contributed by atoms with Crippen LogP contribution in [0.5, 0.6) is 5.75 Å². The topological polar surface area (TPSA) is 58.6 Å². The van der Waals surface area contributed by atoms with Gasteiger partial charge in [-0.1, -0.05) is 34.1 Å². The summed E-state index contributed by atoms with van der Waals surface area (Å²) in [7, 11) is 1.56. The molecule has 1 N–H and O–H groups in total. The minimum atomic E-state index is -1.08. The lowest BCUT2D eigenvalue weighted by Gasteiger charge is -2.49. The van der Waals surface area contributed by atoms with Crippen molar-refractivity contribution in [3.8, 4) is 5.75 Å². The highest BCUT2D eigenvalue weighted by Crippen LogP contribution is 2.47. The van der Waals surface area contributed by atoms with Crippen LogP contribution in [0.15, 0.2) is 70.5 Å². The number of amides is 2. The van der Waals surface area contributed by atoms with Gasteiger partial charge in [-0.3, -0.25) is 14.5 Å². The third kappa shape index (κ3) is 3.00. The van der Waals surface area contributed by atoms with E-state index in [2.05, 4.69) is 21.2 Å². The molecule has 1 aromatic heterocycles. The van der Waals surface area contributed by atoms with Gasteiger partial charge in [-0.2, -0.15) is 0 Å². The fourth-order valence-corrected chi connectivity index (χ4v) is 4.61. The molecule has 0 unspecified atom stereocenters. The molecule has 1 atom stereocenters. The summed E-state index contributed by atoms with van der Waals surface area (Å²) in [6.45, 7) is 0. The highest BCUT2D eigenvalue weighted by Gasteiger charge is 2.59. The minimum absolute atomic E-state index is 0.0918. The van der Waals surface area contributed by atoms with Gasteiger partial charge in [0.25, 0.3) is 5.91 Å². The van der Waals surface area contributed by atoms with Gasteiger partial charge in [0.15, 0.2) is 5.54 Å². The molecule has 2 aromatic carbocycles. The summed E-state index contributed by atoms with van der Waals surface area (Å²) in [5.41, 5.74) is 0.170. The van der Waals surface area contributed by atoms with Crippen LogP contribution in [0.4, 0.5) is 11.4 Å². The van der Waals surface area contributed by atoms with Gasteiger partial charge in [-0.05, 0) is 47.8 Å². The molecular formula is C21H17BrN2O3S. The Morgan fingerprint density at radius 2 is 1.89 bits per heavy atom. The number of thiophene rings is 1. The van der Waals surface area contributed by atoms with Crippen LogP contribution < -0.4 is 15.0 Å². The van der Waals surface area contributed by atoms with E-state index in [9.17, 15) is 9.59 Å². The van der Waals surface area contributed by atoms with Gasteiger partial charge < -0.3 is 10.1 Å². The number of halogens is 1. The number of para-hydroxylation sites is 2. The number of carbonyl (C=O) groups is 2. The van der Waals surface area contributed by atoms with E-state index >= 15 is 0 Å². The van der Waals surface area contributed by atoms with Crippen LogP contribution in [0.2, 0.25) is 0 Å². The molecule has 0 bridgehead atoms. The van der Waals surface area contributed by atoms with Crippen molar-refractivity contribution in [1.29, 1.82) is 0 Å². The van der Waals surface area contributed by atoms with Crippen LogP contribution in [-0.4, -0.2) is 18.9 Å². The average Bonchev–Trinajstić information content (AvgIpc) is 3.22. The predicted octanol–water partition coefficient (Wildman–Crippen LogP) is 4.79. The Bertz CT molecular complexity index is 1020. The van der Waals surface area contributed by atoms with E-state index in [1.54, 1.807) is 24.1 Å². The third-order valence-electron chi connectivity index (χ3n) is 4.78. The molecular weight excluding hydrogens is 440 g/mol. The van der Waals surface area contributed by atoms with Crippen molar-refractivity contribution in [1.82, 2.24) is 0 Å². The highest BCUT2D eigenvalue weighted by molar-refractivity contribution is 9.10. The summed E-state index contributed by atoms with van der Waals surface area (Å²) >= 11 is 4.87. The molecule has 5 nitrogen and oxygen atoms in total. The van der Waals surface area contributed by atoms with E-state index < -0.39 is 5.54 Å². The molecule has 0 aliphatic carbocycles. The van der Waals surface area contributed by atoms with Crippen molar-refractivity contribution < 1.29 is 14.3 Å². The van der Waals surface area contributed by atoms with Crippen molar-refractivity contribution in [2.24, 2.45) is 0 Å². The number of benzene rings is 2. The van der Waals surface area contributed by atoms with Crippen molar-refractivity contribution in [3.05, 3.63) is 75.4 Å². The number of nitrogens with zero attached hydrogens (tertiary/aromatic N) is 1. The van der Waals surface area contributed by atoms with Gasteiger partial charge in [0.1, 0.15) is 5.75 Å². The second-order valence-electron chi connectivity index (χ2n) is 6.37. The lowest BCUT2D eigenvalue weighted by molar-refractivity contribution is -0.137. The third-order valence-corrected chi connectivity index (χ3v) is 6.33. The molecule has 3 aromatic rings.